The SMILES string of the molecule is COCCN1C[C@]2(CCCN(Cc3ccc4c(ccn4C)c3)C2)CCC1=O. The van der Waals surface area contributed by atoms with Gasteiger partial charge in [-0.1, -0.05) is 6.07 Å². The van der Waals surface area contributed by atoms with Crippen molar-refractivity contribution in [1.82, 2.24) is 14.4 Å². The van der Waals surface area contributed by atoms with E-state index in [4.69, 9.17) is 4.74 Å². The van der Waals surface area contributed by atoms with Gasteiger partial charge in [0.15, 0.2) is 0 Å². The molecule has 2 aliphatic heterocycles. The second-order valence-corrected chi connectivity index (χ2v) is 8.44. The molecule has 0 bridgehead atoms. The molecule has 0 unspecified atom stereocenters. The van der Waals surface area contributed by atoms with Crippen molar-refractivity contribution in [2.24, 2.45) is 12.5 Å². The standard InChI is InChI=1S/C22H31N3O2/c1-23-11-7-19-14-18(4-5-20(19)23)15-24-10-3-8-22(16-24)9-6-21(26)25(17-22)12-13-27-2/h4-5,7,11,14H,3,6,8-10,12-13,15-17H2,1-2H3/t22-/m1/s1. The molecule has 0 aliphatic carbocycles. The van der Waals surface area contributed by atoms with Crippen LogP contribution in [0.25, 0.3) is 10.9 Å². The topological polar surface area (TPSA) is 37.7 Å². The molecule has 146 valence electrons. The highest BCUT2D eigenvalue weighted by Crippen LogP contribution is 2.39. The van der Waals surface area contributed by atoms with E-state index in [0.29, 0.717) is 18.9 Å². The maximum atomic E-state index is 12.3. The monoisotopic (exact) mass is 369 g/mol. The van der Waals surface area contributed by atoms with Gasteiger partial charge in [0.05, 0.1) is 6.61 Å². The van der Waals surface area contributed by atoms with Crippen LogP contribution in [0.5, 0.6) is 0 Å². The molecular weight excluding hydrogens is 338 g/mol. The first-order chi connectivity index (χ1) is 13.1. The number of piperidine rings is 2. The number of carbonyl (C=O) groups excluding carboxylic acids is 1. The van der Waals surface area contributed by atoms with Gasteiger partial charge in [0, 0.05) is 63.9 Å². The molecule has 2 aromatic rings. The summed E-state index contributed by atoms with van der Waals surface area (Å²) in [5, 5.41) is 1.32. The lowest BCUT2D eigenvalue weighted by Crippen LogP contribution is -2.54. The van der Waals surface area contributed by atoms with Gasteiger partial charge >= 0.3 is 0 Å². The van der Waals surface area contributed by atoms with Crippen molar-refractivity contribution < 1.29 is 9.53 Å². The van der Waals surface area contributed by atoms with Crippen LogP contribution in [0.4, 0.5) is 0 Å². The van der Waals surface area contributed by atoms with Crippen molar-refractivity contribution in [3.05, 3.63) is 36.0 Å². The zero-order valence-corrected chi connectivity index (χ0v) is 16.6. The molecule has 2 saturated heterocycles. The Morgan fingerprint density at radius 2 is 2.07 bits per heavy atom. The van der Waals surface area contributed by atoms with Crippen molar-refractivity contribution in [1.29, 1.82) is 0 Å². The lowest BCUT2D eigenvalue weighted by Gasteiger charge is -2.48. The first-order valence-corrected chi connectivity index (χ1v) is 10.1. The number of likely N-dealkylation sites (tertiary alicyclic amines) is 2. The molecule has 0 saturated carbocycles. The smallest absolute Gasteiger partial charge is 0.222 e. The lowest BCUT2D eigenvalue weighted by atomic mass is 9.73. The minimum Gasteiger partial charge on any atom is -0.383 e. The molecule has 4 rings (SSSR count). The number of carbonyl (C=O) groups is 1. The van der Waals surface area contributed by atoms with Gasteiger partial charge in [-0.05, 0) is 55.0 Å². The summed E-state index contributed by atoms with van der Waals surface area (Å²) in [5.74, 6) is 0.296. The average Bonchev–Trinajstić information content (AvgIpc) is 3.03. The number of methoxy groups -OCH3 is 1. The largest absolute Gasteiger partial charge is 0.383 e. The third-order valence-electron chi connectivity index (χ3n) is 6.41. The number of nitrogens with zero attached hydrogens (tertiary/aromatic N) is 3. The van der Waals surface area contributed by atoms with E-state index in [1.165, 1.54) is 29.3 Å². The molecule has 5 heteroatoms. The highest BCUT2D eigenvalue weighted by atomic mass is 16.5. The molecule has 27 heavy (non-hydrogen) atoms. The highest BCUT2D eigenvalue weighted by molar-refractivity contribution is 5.80. The maximum Gasteiger partial charge on any atom is 0.222 e. The number of hydrogen-bond acceptors (Lipinski definition) is 3. The Kier molecular flexibility index (Phi) is 5.24. The summed E-state index contributed by atoms with van der Waals surface area (Å²) >= 11 is 0. The number of hydrogen-bond donors (Lipinski definition) is 0. The van der Waals surface area contributed by atoms with Crippen molar-refractivity contribution in [3.8, 4) is 0 Å². The number of benzene rings is 1. The van der Waals surface area contributed by atoms with Crippen molar-refractivity contribution in [2.45, 2.75) is 32.2 Å². The number of aryl methyl sites for hydroxylation is 1. The van der Waals surface area contributed by atoms with Crippen LogP contribution in [0.1, 0.15) is 31.2 Å². The van der Waals surface area contributed by atoms with Gasteiger partial charge in [0.2, 0.25) is 5.91 Å². The average molecular weight is 370 g/mol. The normalized spacial score (nSPS) is 24.2. The van der Waals surface area contributed by atoms with E-state index in [1.54, 1.807) is 7.11 Å². The highest BCUT2D eigenvalue weighted by Gasteiger charge is 2.41. The Morgan fingerprint density at radius 3 is 2.93 bits per heavy atom. The second kappa shape index (κ2) is 7.64. The number of amides is 1. The number of fused-ring (bicyclic) bond motifs is 1. The second-order valence-electron chi connectivity index (χ2n) is 8.44. The van der Waals surface area contributed by atoms with Gasteiger partial charge in [-0.25, -0.2) is 0 Å². The number of ether oxygens (including phenoxy) is 1. The van der Waals surface area contributed by atoms with Crippen LogP contribution >= 0.6 is 0 Å². The molecule has 3 heterocycles. The van der Waals surface area contributed by atoms with Crippen molar-refractivity contribution in [3.63, 3.8) is 0 Å². The summed E-state index contributed by atoms with van der Waals surface area (Å²) < 4.78 is 7.37. The van der Waals surface area contributed by atoms with Crippen LogP contribution in [0.2, 0.25) is 0 Å². The molecule has 0 N–H and O–H groups in total. The predicted octanol–water partition coefficient (Wildman–Crippen LogP) is 3.03. The van der Waals surface area contributed by atoms with E-state index in [1.807, 2.05) is 4.90 Å². The van der Waals surface area contributed by atoms with Gasteiger partial charge in [-0.15, -0.1) is 0 Å². The van der Waals surface area contributed by atoms with Crippen LogP contribution in [0.3, 0.4) is 0 Å². The fourth-order valence-corrected chi connectivity index (χ4v) is 4.97. The van der Waals surface area contributed by atoms with Gasteiger partial charge in [0.25, 0.3) is 0 Å². The zero-order valence-electron chi connectivity index (χ0n) is 16.6. The van der Waals surface area contributed by atoms with Crippen molar-refractivity contribution in [2.75, 3.05) is 39.9 Å². The van der Waals surface area contributed by atoms with Crippen LogP contribution in [-0.4, -0.2) is 60.2 Å². The molecule has 0 radical (unpaired) electrons. The summed E-state index contributed by atoms with van der Waals surface area (Å²) in [6.45, 7) is 5.49. The summed E-state index contributed by atoms with van der Waals surface area (Å²) in [7, 11) is 3.80. The molecule has 5 nitrogen and oxygen atoms in total. The van der Waals surface area contributed by atoms with E-state index in [2.05, 4.69) is 47.0 Å². The Hall–Kier alpha value is -1.85. The van der Waals surface area contributed by atoms with Crippen molar-refractivity contribution >= 4 is 16.8 Å². The third kappa shape index (κ3) is 3.90. The molecule has 2 fully saturated rings. The minimum atomic E-state index is 0.261. The Morgan fingerprint density at radius 1 is 1.19 bits per heavy atom. The minimum absolute atomic E-state index is 0.261. The van der Waals surface area contributed by atoms with Crippen LogP contribution in [0.15, 0.2) is 30.5 Å². The Bertz CT molecular complexity index is 815. The Labute approximate surface area is 161 Å². The van der Waals surface area contributed by atoms with Crippen LogP contribution in [0, 0.1) is 5.41 Å². The molecule has 1 aromatic heterocycles. The molecule has 1 amide bonds. The fourth-order valence-electron chi connectivity index (χ4n) is 4.97. The van der Waals surface area contributed by atoms with E-state index >= 15 is 0 Å². The van der Waals surface area contributed by atoms with Crippen LogP contribution < -0.4 is 0 Å². The first-order valence-electron chi connectivity index (χ1n) is 10.1. The fraction of sp³-hybridized carbons (Fsp3) is 0.591. The molecule has 2 aliphatic rings. The molecule has 1 atom stereocenters. The quantitative estimate of drug-likeness (QED) is 0.813. The predicted molar refractivity (Wildman–Crippen MR) is 108 cm³/mol. The van der Waals surface area contributed by atoms with E-state index in [9.17, 15) is 4.79 Å². The lowest BCUT2D eigenvalue weighted by molar-refractivity contribution is -0.140. The molecular formula is C22H31N3O2. The summed E-state index contributed by atoms with van der Waals surface area (Å²) in [6.07, 6.45) is 6.30. The van der Waals surface area contributed by atoms with Gasteiger partial charge in [-0.3, -0.25) is 9.69 Å². The van der Waals surface area contributed by atoms with Gasteiger partial charge < -0.3 is 14.2 Å². The van der Waals surface area contributed by atoms with E-state index in [-0.39, 0.29) is 5.41 Å². The first kappa shape index (κ1) is 18.5. The summed E-state index contributed by atoms with van der Waals surface area (Å²) in [4.78, 5) is 16.9. The summed E-state index contributed by atoms with van der Waals surface area (Å²) in [5.41, 5.74) is 2.93. The maximum absolute atomic E-state index is 12.3. The molecule has 1 spiro atoms. The Balaban J connectivity index is 1.44. The number of rotatable bonds is 5. The van der Waals surface area contributed by atoms with E-state index in [0.717, 1.165) is 39.1 Å². The zero-order chi connectivity index (χ0) is 18.9. The van der Waals surface area contributed by atoms with Gasteiger partial charge in [0.1, 0.15) is 0 Å². The summed E-state index contributed by atoms with van der Waals surface area (Å²) in [6, 6.07) is 9.01. The van der Waals surface area contributed by atoms with Gasteiger partial charge in [-0.2, -0.15) is 0 Å². The third-order valence-corrected chi connectivity index (χ3v) is 6.41. The van der Waals surface area contributed by atoms with Crippen LogP contribution in [-0.2, 0) is 23.1 Å². The molecule has 1 aromatic carbocycles. The van der Waals surface area contributed by atoms with E-state index < -0.39 is 0 Å². The number of aromatic nitrogens is 1.